The first-order valence-electron chi connectivity index (χ1n) is 8.01. The van der Waals surface area contributed by atoms with Gasteiger partial charge in [-0.1, -0.05) is 0 Å². The summed E-state index contributed by atoms with van der Waals surface area (Å²) in [5.41, 5.74) is 1.78. The first kappa shape index (κ1) is 16.9. The van der Waals surface area contributed by atoms with Gasteiger partial charge in [-0.05, 0) is 50.5 Å². The van der Waals surface area contributed by atoms with E-state index in [1.54, 1.807) is 30.4 Å². The summed E-state index contributed by atoms with van der Waals surface area (Å²) in [6.07, 6.45) is 2.19. The number of aliphatic hydroxyl groups is 1. The van der Waals surface area contributed by atoms with Crippen LogP contribution in [0.3, 0.4) is 0 Å². The van der Waals surface area contributed by atoms with Crippen LogP contribution in [0.15, 0.2) is 24.3 Å². The molecule has 7 heteroatoms. The number of urea groups is 1. The highest BCUT2D eigenvalue weighted by molar-refractivity contribution is 7.15. The van der Waals surface area contributed by atoms with E-state index in [1.807, 2.05) is 0 Å². The highest BCUT2D eigenvalue weighted by Gasteiger charge is 2.26. The predicted octanol–water partition coefficient (Wildman–Crippen LogP) is 3.01. The zero-order chi connectivity index (χ0) is 17.1. The fourth-order valence-electron chi connectivity index (χ4n) is 2.72. The maximum Gasteiger partial charge on any atom is 0.315 e. The van der Waals surface area contributed by atoms with Crippen LogP contribution < -0.4 is 10.6 Å². The number of rotatable bonds is 4. The molecule has 2 atom stereocenters. The molecule has 0 unspecified atom stereocenters. The number of hydrogen-bond acceptors (Lipinski definition) is 4. The molecule has 1 aromatic carbocycles. The second-order valence-corrected chi connectivity index (χ2v) is 7.07. The first-order valence-corrected chi connectivity index (χ1v) is 8.82. The SMILES string of the molecule is C[C@@H](O)CNC(=O)N[C@H]1CCCc2sc(-c3ccc(F)cc3)nc21. The highest BCUT2D eigenvalue weighted by Crippen LogP contribution is 2.37. The molecule has 1 aromatic heterocycles. The first-order chi connectivity index (χ1) is 11.5. The number of aromatic nitrogens is 1. The Bertz CT molecular complexity index is 715. The minimum Gasteiger partial charge on any atom is -0.392 e. The summed E-state index contributed by atoms with van der Waals surface area (Å²) in [7, 11) is 0. The van der Waals surface area contributed by atoms with Gasteiger partial charge in [0.2, 0.25) is 0 Å². The third kappa shape index (κ3) is 3.91. The Morgan fingerprint density at radius 1 is 1.46 bits per heavy atom. The van der Waals surface area contributed by atoms with Crippen molar-refractivity contribution in [2.45, 2.75) is 38.3 Å². The molecular weight excluding hydrogens is 329 g/mol. The zero-order valence-electron chi connectivity index (χ0n) is 13.4. The lowest BCUT2D eigenvalue weighted by Crippen LogP contribution is -2.41. The number of amides is 2. The minimum absolute atomic E-state index is 0.131. The van der Waals surface area contributed by atoms with Gasteiger partial charge in [0.05, 0.1) is 17.8 Å². The molecule has 5 nitrogen and oxygen atoms in total. The number of halogens is 1. The van der Waals surface area contributed by atoms with E-state index >= 15 is 0 Å². The lowest BCUT2D eigenvalue weighted by Gasteiger charge is -2.22. The van der Waals surface area contributed by atoms with E-state index in [1.165, 1.54) is 17.0 Å². The number of fused-ring (bicyclic) bond motifs is 1. The zero-order valence-corrected chi connectivity index (χ0v) is 14.2. The fraction of sp³-hybridized carbons (Fsp3) is 0.412. The molecule has 2 aromatic rings. The van der Waals surface area contributed by atoms with Gasteiger partial charge in [-0.2, -0.15) is 0 Å². The number of hydrogen-bond donors (Lipinski definition) is 3. The van der Waals surface area contributed by atoms with Gasteiger partial charge in [0.15, 0.2) is 0 Å². The molecule has 0 spiro atoms. The molecule has 0 saturated heterocycles. The largest absolute Gasteiger partial charge is 0.392 e. The van der Waals surface area contributed by atoms with Gasteiger partial charge >= 0.3 is 6.03 Å². The Balaban J connectivity index is 1.75. The quantitative estimate of drug-likeness (QED) is 0.794. The van der Waals surface area contributed by atoms with Crippen LogP contribution in [0.2, 0.25) is 0 Å². The fourth-order valence-corrected chi connectivity index (χ4v) is 3.89. The number of aliphatic hydroxyl groups excluding tert-OH is 1. The van der Waals surface area contributed by atoms with Gasteiger partial charge in [0, 0.05) is 17.0 Å². The molecule has 1 heterocycles. The van der Waals surface area contributed by atoms with Crippen molar-refractivity contribution < 1.29 is 14.3 Å². The van der Waals surface area contributed by atoms with Crippen LogP contribution in [0.5, 0.6) is 0 Å². The monoisotopic (exact) mass is 349 g/mol. The van der Waals surface area contributed by atoms with Crippen molar-refractivity contribution in [1.82, 2.24) is 15.6 Å². The van der Waals surface area contributed by atoms with E-state index in [-0.39, 0.29) is 24.4 Å². The van der Waals surface area contributed by atoms with Crippen LogP contribution in [0.25, 0.3) is 10.6 Å². The van der Waals surface area contributed by atoms with Crippen molar-refractivity contribution in [2.75, 3.05) is 6.54 Å². The number of carbonyl (C=O) groups excluding carboxylic acids is 1. The highest BCUT2D eigenvalue weighted by atomic mass is 32.1. The summed E-state index contributed by atoms with van der Waals surface area (Å²) in [6.45, 7) is 1.83. The summed E-state index contributed by atoms with van der Waals surface area (Å²) < 4.78 is 13.1. The van der Waals surface area contributed by atoms with E-state index in [4.69, 9.17) is 0 Å². The van der Waals surface area contributed by atoms with Gasteiger partial charge < -0.3 is 15.7 Å². The summed E-state index contributed by atoms with van der Waals surface area (Å²) in [5.74, 6) is -0.269. The smallest absolute Gasteiger partial charge is 0.315 e. The van der Waals surface area contributed by atoms with Crippen LogP contribution in [-0.2, 0) is 6.42 Å². The van der Waals surface area contributed by atoms with Crippen molar-refractivity contribution in [3.63, 3.8) is 0 Å². The molecule has 128 valence electrons. The molecular formula is C17H20FN3O2S. The molecule has 1 aliphatic carbocycles. The number of benzene rings is 1. The Labute approximate surface area is 143 Å². The molecule has 0 fully saturated rings. The maximum atomic E-state index is 13.1. The molecule has 0 bridgehead atoms. The van der Waals surface area contributed by atoms with Gasteiger partial charge in [-0.25, -0.2) is 14.2 Å². The summed E-state index contributed by atoms with van der Waals surface area (Å²) >= 11 is 1.60. The lowest BCUT2D eigenvalue weighted by molar-refractivity contribution is 0.186. The molecule has 0 radical (unpaired) electrons. The second-order valence-electron chi connectivity index (χ2n) is 5.98. The van der Waals surface area contributed by atoms with Gasteiger partial charge in [-0.15, -0.1) is 11.3 Å². The Morgan fingerprint density at radius 2 is 2.21 bits per heavy atom. The molecule has 0 saturated carbocycles. The van der Waals surface area contributed by atoms with E-state index in [2.05, 4.69) is 15.6 Å². The molecule has 1 aliphatic rings. The van der Waals surface area contributed by atoms with E-state index in [0.29, 0.717) is 0 Å². The third-order valence-electron chi connectivity index (χ3n) is 3.91. The van der Waals surface area contributed by atoms with Gasteiger partial charge in [-0.3, -0.25) is 0 Å². The van der Waals surface area contributed by atoms with E-state index in [0.717, 1.165) is 35.5 Å². The Hall–Kier alpha value is -1.99. The van der Waals surface area contributed by atoms with Crippen LogP contribution in [0.1, 0.15) is 36.4 Å². The minimum atomic E-state index is -0.581. The molecule has 3 rings (SSSR count). The van der Waals surface area contributed by atoms with Crippen LogP contribution in [0.4, 0.5) is 9.18 Å². The summed E-state index contributed by atoms with van der Waals surface area (Å²) in [5, 5.41) is 15.6. The average Bonchev–Trinajstić information content (AvgIpc) is 2.99. The third-order valence-corrected chi connectivity index (χ3v) is 5.09. The summed E-state index contributed by atoms with van der Waals surface area (Å²) in [6, 6.07) is 5.86. The van der Waals surface area contributed by atoms with Crippen molar-refractivity contribution in [3.8, 4) is 10.6 Å². The van der Waals surface area contributed by atoms with E-state index < -0.39 is 6.10 Å². The van der Waals surface area contributed by atoms with Crippen LogP contribution in [-0.4, -0.2) is 28.8 Å². The van der Waals surface area contributed by atoms with Crippen molar-refractivity contribution in [1.29, 1.82) is 0 Å². The normalized spacial score (nSPS) is 17.9. The van der Waals surface area contributed by atoms with Crippen molar-refractivity contribution in [3.05, 3.63) is 40.7 Å². The van der Waals surface area contributed by atoms with Gasteiger partial charge in [0.1, 0.15) is 10.8 Å². The van der Waals surface area contributed by atoms with Gasteiger partial charge in [0.25, 0.3) is 0 Å². The number of carbonyl (C=O) groups is 1. The van der Waals surface area contributed by atoms with Crippen LogP contribution in [0, 0.1) is 5.82 Å². The number of nitrogens with zero attached hydrogens (tertiary/aromatic N) is 1. The standard InChI is InChI=1S/C17H20FN3O2S/c1-10(22)9-19-17(23)20-13-3-2-4-14-15(13)21-16(24-14)11-5-7-12(18)8-6-11/h5-8,10,13,22H,2-4,9H2,1H3,(H2,19,20,23)/t10-,13+/m1/s1. The molecule has 24 heavy (non-hydrogen) atoms. The number of thiazole rings is 1. The molecule has 2 amide bonds. The Kier molecular flexibility index (Phi) is 5.11. The lowest BCUT2D eigenvalue weighted by atomic mass is 9.98. The maximum absolute atomic E-state index is 13.1. The predicted molar refractivity (Wildman–Crippen MR) is 91.4 cm³/mol. The van der Waals surface area contributed by atoms with E-state index in [9.17, 15) is 14.3 Å². The van der Waals surface area contributed by atoms with Crippen molar-refractivity contribution >= 4 is 17.4 Å². The second kappa shape index (κ2) is 7.27. The summed E-state index contributed by atoms with van der Waals surface area (Å²) in [4.78, 5) is 17.8. The van der Waals surface area contributed by atoms with Crippen molar-refractivity contribution in [2.24, 2.45) is 0 Å². The Morgan fingerprint density at radius 3 is 2.92 bits per heavy atom. The van der Waals surface area contributed by atoms with Crippen LogP contribution >= 0.6 is 11.3 Å². The average molecular weight is 349 g/mol. The number of aryl methyl sites for hydroxylation is 1. The number of nitrogens with one attached hydrogen (secondary N) is 2. The molecule has 3 N–H and O–H groups in total. The molecule has 0 aliphatic heterocycles. The topological polar surface area (TPSA) is 74.2 Å².